The Bertz CT molecular complexity index is 282. The highest BCUT2D eigenvalue weighted by Crippen LogP contribution is 2.05. The fourth-order valence-electron chi connectivity index (χ4n) is 1.94. The van der Waals surface area contributed by atoms with Crippen LogP contribution in [0.5, 0.6) is 0 Å². The van der Waals surface area contributed by atoms with E-state index in [0.29, 0.717) is 6.42 Å². The van der Waals surface area contributed by atoms with Crippen LogP contribution in [0.1, 0.15) is 64.7 Å². The highest BCUT2D eigenvalue weighted by molar-refractivity contribution is 5.72. The largest absolute Gasteiger partial charge is 0.479 e. The van der Waals surface area contributed by atoms with Gasteiger partial charge in [-0.2, -0.15) is 0 Å². The molecule has 0 aliphatic heterocycles. The van der Waals surface area contributed by atoms with Gasteiger partial charge in [0.2, 0.25) is 0 Å². The number of carbonyl (C=O) groups is 1. The maximum atomic E-state index is 10.7. The van der Waals surface area contributed by atoms with Gasteiger partial charge in [0.1, 0.15) is 0 Å². The van der Waals surface area contributed by atoms with E-state index in [1.165, 1.54) is 39.2 Å². The smallest absolute Gasteiger partial charge is 0.332 e. The molecule has 1 atom stereocenters. The van der Waals surface area contributed by atoms with E-state index in [1.807, 2.05) is 6.08 Å². The van der Waals surface area contributed by atoms with Crippen LogP contribution in [0.15, 0.2) is 24.3 Å². The van der Waals surface area contributed by atoms with Gasteiger partial charge in [0.25, 0.3) is 0 Å². The topological polar surface area (TPSA) is 46.5 Å². The fourth-order valence-corrected chi connectivity index (χ4v) is 1.94. The van der Waals surface area contributed by atoms with Gasteiger partial charge in [-0.15, -0.1) is 0 Å². The summed E-state index contributed by atoms with van der Waals surface area (Å²) in [6.45, 7) is 2.23. The number of hydrogen-bond acceptors (Lipinski definition) is 2. The number of carboxylic acids is 1. The Morgan fingerprint density at radius 1 is 1.00 bits per heavy atom. The Morgan fingerprint density at radius 3 is 2.15 bits per heavy atom. The third-order valence-electron chi connectivity index (χ3n) is 3.21. The van der Waals surface area contributed by atoms with Gasteiger partial charge in [0, 0.05) is 7.11 Å². The number of allylic oxidation sites excluding steroid dienone is 4. The van der Waals surface area contributed by atoms with Crippen molar-refractivity contribution in [2.75, 3.05) is 7.11 Å². The number of ether oxygens (including phenoxy) is 1. The Hall–Kier alpha value is -1.09. The molecule has 0 aliphatic rings. The summed E-state index contributed by atoms with van der Waals surface area (Å²) in [5.74, 6) is -0.882. The number of aliphatic carboxylic acids is 1. The lowest BCUT2D eigenvalue weighted by atomic mass is 10.1. The maximum absolute atomic E-state index is 10.7. The second-order valence-corrected chi connectivity index (χ2v) is 5.01. The second-order valence-electron chi connectivity index (χ2n) is 5.01. The second kappa shape index (κ2) is 14.3. The molecule has 0 radical (unpaired) electrons. The minimum Gasteiger partial charge on any atom is -0.479 e. The van der Waals surface area contributed by atoms with E-state index >= 15 is 0 Å². The van der Waals surface area contributed by atoms with E-state index in [0.717, 1.165) is 19.3 Å². The van der Waals surface area contributed by atoms with Crippen LogP contribution in [0.2, 0.25) is 0 Å². The fraction of sp³-hybridized carbons (Fsp3) is 0.706. The predicted molar refractivity (Wildman–Crippen MR) is 83.9 cm³/mol. The van der Waals surface area contributed by atoms with Crippen molar-refractivity contribution in [2.24, 2.45) is 0 Å². The van der Waals surface area contributed by atoms with E-state index < -0.39 is 12.1 Å². The van der Waals surface area contributed by atoms with Crippen LogP contribution in [0.3, 0.4) is 0 Å². The van der Waals surface area contributed by atoms with Crippen LogP contribution in [0.25, 0.3) is 0 Å². The summed E-state index contributed by atoms with van der Waals surface area (Å²) in [6.07, 6.45) is 17.9. The number of rotatable bonds is 13. The lowest BCUT2D eigenvalue weighted by Crippen LogP contribution is -2.21. The Kier molecular flexibility index (Phi) is 13.5. The molecule has 0 saturated carbocycles. The molecule has 0 heterocycles. The highest BCUT2D eigenvalue weighted by atomic mass is 16.5. The zero-order chi connectivity index (χ0) is 15.1. The van der Waals surface area contributed by atoms with Gasteiger partial charge in [-0.1, -0.05) is 50.5 Å². The molecule has 0 aromatic rings. The first kappa shape index (κ1) is 18.9. The SMILES string of the molecule is CCCCCCC=CCCC=CCCC(OC)C(=O)O. The summed E-state index contributed by atoms with van der Waals surface area (Å²) in [5.41, 5.74) is 0. The standard InChI is InChI=1S/C17H30O3/c1-3-4-5-6-7-8-9-10-11-12-13-14-15-16(20-2)17(18)19/h8-9,12-13,16H,3-7,10-11,14-15H2,1-2H3,(H,18,19). The highest BCUT2D eigenvalue weighted by Gasteiger charge is 2.14. The van der Waals surface area contributed by atoms with Crippen molar-refractivity contribution in [3.63, 3.8) is 0 Å². The van der Waals surface area contributed by atoms with Crippen molar-refractivity contribution in [2.45, 2.75) is 70.8 Å². The first-order valence-electron chi connectivity index (χ1n) is 7.78. The summed E-state index contributed by atoms with van der Waals surface area (Å²) in [4.78, 5) is 10.7. The minimum atomic E-state index is -0.882. The predicted octanol–water partition coefficient (Wildman–Crippen LogP) is 4.73. The molecule has 3 nitrogen and oxygen atoms in total. The number of hydrogen-bond donors (Lipinski definition) is 1. The molecule has 0 spiro atoms. The average Bonchev–Trinajstić information content (AvgIpc) is 2.43. The summed E-state index contributed by atoms with van der Waals surface area (Å²) >= 11 is 0. The molecule has 0 aromatic carbocycles. The molecule has 0 aliphatic carbocycles. The third-order valence-corrected chi connectivity index (χ3v) is 3.21. The quantitative estimate of drug-likeness (QED) is 0.392. The molecule has 3 heteroatoms. The van der Waals surface area contributed by atoms with Gasteiger partial charge in [-0.3, -0.25) is 0 Å². The molecule has 0 amide bonds. The number of methoxy groups -OCH3 is 1. The first-order valence-corrected chi connectivity index (χ1v) is 7.78. The normalized spacial score (nSPS) is 13.3. The van der Waals surface area contributed by atoms with Gasteiger partial charge in [0.15, 0.2) is 6.10 Å². The van der Waals surface area contributed by atoms with Crippen molar-refractivity contribution in [3.8, 4) is 0 Å². The molecular formula is C17H30O3. The third kappa shape index (κ3) is 12.0. The summed E-state index contributed by atoms with van der Waals surface area (Å²) in [5, 5.41) is 8.79. The zero-order valence-corrected chi connectivity index (χ0v) is 13.0. The lowest BCUT2D eigenvalue weighted by Gasteiger charge is -2.07. The van der Waals surface area contributed by atoms with Crippen molar-refractivity contribution in [1.29, 1.82) is 0 Å². The Labute approximate surface area is 123 Å². The zero-order valence-electron chi connectivity index (χ0n) is 13.0. The van der Waals surface area contributed by atoms with Crippen LogP contribution in [0, 0.1) is 0 Å². The van der Waals surface area contributed by atoms with Crippen LogP contribution < -0.4 is 0 Å². The maximum Gasteiger partial charge on any atom is 0.332 e. The molecule has 20 heavy (non-hydrogen) atoms. The van der Waals surface area contributed by atoms with Crippen LogP contribution >= 0.6 is 0 Å². The molecule has 0 bridgehead atoms. The molecule has 1 N–H and O–H groups in total. The van der Waals surface area contributed by atoms with Crippen LogP contribution in [-0.2, 0) is 9.53 Å². The van der Waals surface area contributed by atoms with E-state index in [2.05, 4.69) is 25.2 Å². The molecule has 1 unspecified atom stereocenters. The Balaban J connectivity index is 3.43. The van der Waals surface area contributed by atoms with Gasteiger partial charge in [-0.05, 0) is 38.5 Å². The van der Waals surface area contributed by atoms with Crippen LogP contribution in [0.4, 0.5) is 0 Å². The van der Waals surface area contributed by atoms with E-state index in [1.54, 1.807) is 0 Å². The molecule has 0 saturated heterocycles. The summed E-state index contributed by atoms with van der Waals surface area (Å²) < 4.78 is 4.87. The molecular weight excluding hydrogens is 252 g/mol. The van der Waals surface area contributed by atoms with Crippen molar-refractivity contribution in [1.82, 2.24) is 0 Å². The average molecular weight is 282 g/mol. The monoisotopic (exact) mass is 282 g/mol. The minimum absolute atomic E-state index is 0.537. The Morgan fingerprint density at radius 2 is 1.60 bits per heavy atom. The molecule has 0 rings (SSSR count). The van der Waals surface area contributed by atoms with Crippen molar-refractivity contribution in [3.05, 3.63) is 24.3 Å². The van der Waals surface area contributed by atoms with E-state index in [-0.39, 0.29) is 0 Å². The molecule has 0 aromatic heterocycles. The molecule has 0 fully saturated rings. The first-order chi connectivity index (χ1) is 9.72. The van der Waals surface area contributed by atoms with Crippen molar-refractivity contribution < 1.29 is 14.6 Å². The van der Waals surface area contributed by atoms with E-state index in [9.17, 15) is 4.79 Å². The van der Waals surface area contributed by atoms with Crippen LogP contribution in [-0.4, -0.2) is 24.3 Å². The summed E-state index contributed by atoms with van der Waals surface area (Å²) in [7, 11) is 1.44. The van der Waals surface area contributed by atoms with Crippen molar-refractivity contribution >= 4 is 5.97 Å². The lowest BCUT2D eigenvalue weighted by molar-refractivity contribution is -0.148. The van der Waals surface area contributed by atoms with Gasteiger partial charge < -0.3 is 9.84 Å². The number of unbranched alkanes of at least 4 members (excludes halogenated alkanes) is 5. The molecule has 116 valence electrons. The van der Waals surface area contributed by atoms with E-state index in [4.69, 9.17) is 9.84 Å². The van der Waals surface area contributed by atoms with Gasteiger partial charge in [-0.25, -0.2) is 4.79 Å². The van der Waals surface area contributed by atoms with Gasteiger partial charge >= 0.3 is 5.97 Å². The van der Waals surface area contributed by atoms with Gasteiger partial charge in [0.05, 0.1) is 0 Å². The summed E-state index contributed by atoms with van der Waals surface area (Å²) in [6, 6.07) is 0. The number of carboxylic acid groups (broad SMARTS) is 1.